The van der Waals surface area contributed by atoms with Gasteiger partial charge in [0.05, 0.1) is 5.69 Å². The lowest BCUT2D eigenvalue weighted by Crippen LogP contribution is -2.16. The Labute approximate surface area is 242 Å². The number of amides is 2. The van der Waals surface area contributed by atoms with Crippen LogP contribution in [0.3, 0.4) is 0 Å². The molecule has 0 saturated heterocycles. The van der Waals surface area contributed by atoms with Crippen LogP contribution in [-0.2, 0) is 9.59 Å². The van der Waals surface area contributed by atoms with E-state index >= 15 is 0 Å². The third-order valence-electron chi connectivity index (χ3n) is 7.40. The molecule has 5 heteroatoms. The quantitative estimate of drug-likeness (QED) is 0.152. The summed E-state index contributed by atoms with van der Waals surface area (Å²) >= 11 is 0. The number of benzene rings is 1. The van der Waals surface area contributed by atoms with Crippen LogP contribution in [0, 0.1) is 0 Å². The molecule has 2 aromatic carbocycles. The smallest absolute Gasteiger partial charge is 0.224 e. The Bertz CT molecular complexity index is 1050. The van der Waals surface area contributed by atoms with E-state index in [1.807, 2.05) is 30.3 Å². The minimum atomic E-state index is -0.208. The summed E-state index contributed by atoms with van der Waals surface area (Å²) in [7, 11) is 0. The first-order valence-electron chi connectivity index (χ1n) is 15.9. The first-order chi connectivity index (χ1) is 19.5. The van der Waals surface area contributed by atoms with Gasteiger partial charge in [-0.2, -0.15) is 0 Å². The van der Waals surface area contributed by atoms with Gasteiger partial charge < -0.3 is 10.6 Å². The lowest BCUT2D eigenvalue weighted by atomic mass is 10.1. The monoisotopic (exact) mass is 548 g/mol. The maximum absolute atomic E-state index is 12.5. The first-order valence-corrected chi connectivity index (χ1v) is 15.9. The number of carbonyl (C=O) groups is 2. The minimum absolute atomic E-state index is 0.0493. The van der Waals surface area contributed by atoms with E-state index in [4.69, 9.17) is 0 Å². The maximum atomic E-state index is 12.5. The fourth-order valence-electron chi connectivity index (χ4n) is 4.88. The zero-order chi connectivity index (χ0) is 28.8. The lowest BCUT2D eigenvalue weighted by molar-refractivity contribution is -0.117. The Balaban J connectivity index is 1.76. The molecule has 0 heterocycles. The highest BCUT2D eigenvalue weighted by Gasteiger charge is 2.07. The number of carbonyl (C=O) groups excluding carboxylic acids is 2. The van der Waals surface area contributed by atoms with Crippen LogP contribution in [0.1, 0.15) is 129 Å². The number of hydrogen-bond acceptors (Lipinski definition) is 3. The van der Waals surface area contributed by atoms with Gasteiger partial charge in [0, 0.05) is 18.5 Å². The second-order valence-corrected chi connectivity index (χ2v) is 11.0. The Morgan fingerprint density at radius 3 is 1.40 bits per heavy atom. The van der Waals surface area contributed by atoms with Gasteiger partial charge in [0.25, 0.3) is 0 Å². The average Bonchev–Trinajstić information content (AvgIpc) is 3.13. The zero-order valence-electron chi connectivity index (χ0n) is 25.1. The predicted molar refractivity (Wildman–Crippen MR) is 170 cm³/mol. The van der Waals surface area contributed by atoms with E-state index in [1.165, 1.54) is 76.7 Å². The average molecular weight is 549 g/mol. The fourth-order valence-corrected chi connectivity index (χ4v) is 4.88. The number of unbranched alkanes of at least 4 members (excludes halogenated alkanes) is 14. The van der Waals surface area contributed by atoms with Crippen molar-refractivity contribution in [2.24, 2.45) is 0 Å². The van der Waals surface area contributed by atoms with Crippen LogP contribution in [0.2, 0.25) is 0 Å². The molecule has 5 nitrogen and oxygen atoms in total. The summed E-state index contributed by atoms with van der Waals surface area (Å²) < 4.78 is 0. The summed E-state index contributed by atoms with van der Waals surface area (Å²) in [4.78, 5) is 37.2. The molecule has 0 spiro atoms. The largest absolute Gasteiger partial charge is 0.326 e. The normalized spacial score (nSPS) is 10.8. The molecule has 0 unspecified atom stereocenters. The molecule has 220 valence electrons. The molecule has 0 aliphatic carbocycles. The van der Waals surface area contributed by atoms with Crippen molar-refractivity contribution in [2.75, 3.05) is 10.6 Å². The van der Waals surface area contributed by atoms with Gasteiger partial charge in [-0.15, -0.1) is 0 Å². The van der Waals surface area contributed by atoms with Crippen molar-refractivity contribution in [2.45, 2.75) is 129 Å². The summed E-state index contributed by atoms with van der Waals surface area (Å²) in [5, 5.41) is 5.78. The van der Waals surface area contributed by atoms with E-state index < -0.39 is 0 Å². The molecule has 0 aliphatic heterocycles. The van der Waals surface area contributed by atoms with Gasteiger partial charge in [0.1, 0.15) is 0 Å². The van der Waals surface area contributed by atoms with Crippen LogP contribution in [0.5, 0.6) is 0 Å². The molecule has 0 saturated carbocycles. The summed E-state index contributed by atoms with van der Waals surface area (Å²) in [6, 6.07) is 14.5. The van der Waals surface area contributed by atoms with Gasteiger partial charge in [-0.3, -0.25) is 14.4 Å². The van der Waals surface area contributed by atoms with E-state index in [1.54, 1.807) is 12.1 Å². The van der Waals surface area contributed by atoms with Crippen LogP contribution >= 0.6 is 0 Å². The molecule has 2 rings (SSSR count). The lowest BCUT2D eigenvalue weighted by Gasteiger charge is -2.07. The number of nitrogens with one attached hydrogen (secondary N) is 2. The molecule has 2 N–H and O–H groups in total. The van der Waals surface area contributed by atoms with Crippen LogP contribution < -0.4 is 16.1 Å². The first kappa shape index (κ1) is 33.3. The molecule has 0 atom stereocenters. The number of anilines is 2. The topological polar surface area (TPSA) is 75.3 Å². The summed E-state index contributed by atoms with van der Waals surface area (Å²) in [5.41, 5.74) is 2.68. The number of rotatable bonds is 21. The van der Waals surface area contributed by atoms with Crippen molar-refractivity contribution in [3.63, 3.8) is 0 Å². The van der Waals surface area contributed by atoms with Crippen molar-refractivity contribution in [1.29, 1.82) is 0 Å². The van der Waals surface area contributed by atoms with Gasteiger partial charge in [0.15, 0.2) is 0 Å². The summed E-state index contributed by atoms with van der Waals surface area (Å²) in [6.07, 6.45) is 20.1. The van der Waals surface area contributed by atoms with E-state index in [-0.39, 0.29) is 17.2 Å². The molecular weight excluding hydrogens is 496 g/mol. The molecule has 40 heavy (non-hydrogen) atoms. The van der Waals surface area contributed by atoms with Gasteiger partial charge >= 0.3 is 0 Å². The molecule has 0 bridgehead atoms. The van der Waals surface area contributed by atoms with Crippen molar-refractivity contribution < 1.29 is 9.59 Å². The van der Waals surface area contributed by atoms with E-state index in [0.29, 0.717) is 18.5 Å². The molecule has 0 aliphatic rings. The minimum Gasteiger partial charge on any atom is -0.326 e. The Hall–Kier alpha value is -2.95. The Kier molecular flexibility index (Phi) is 17.4. The number of hydrogen-bond donors (Lipinski definition) is 2. The second-order valence-electron chi connectivity index (χ2n) is 11.0. The van der Waals surface area contributed by atoms with Crippen LogP contribution in [-0.4, -0.2) is 11.8 Å². The van der Waals surface area contributed by atoms with Crippen LogP contribution in [0.25, 0.3) is 11.1 Å². The highest BCUT2D eigenvalue weighted by Crippen LogP contribution is 2.21. The Morgan fingerprint density at radius 2 is 0.900 bits per heavy atom. The van der Waals surface area contributed by atoms with Gasteiger partial charge in [-0.25, -0.2) is 0 Å². The predicted octanol–water partition coefficient (Wildman–Crippen LogP) is 9.65. The van der Waals surface area contributed by atoms with E-state index in [9.17, 15) is 14.4 Å². The highest BCUT2D eigenvalue weighted by molar-refractivity contribution is 5.91. The zero-order valence-corrected chi connectivity index (χ0v) is 25.1. The van der Waals surface area contributed by atoms with E-state index in [0.717, 1.165) is 48.9 Å². The van der Waals surface area contributed by atoms with Crippen LogP contribution in [0.15, 0.2) is 53.3 Å². The fraction of sp³-hybridized carbons (Fsp3) is 0.571. The third-order valence-corrected chi connectivity index (χ3v) is 7.40. The Morgan fingerprint density at radius 1 is 0.500 bits per heavy atom. The van der Waals surface area contributed by atoms with Crippen molar-refractivity contribution in [3.8, 4) is 11.1 Å². The molecular formula is C35H52N2O3. The van der Waals surface area contributed by atoms with Crippen molar-refractivity contribution in [1.82, 2.24) is 0 Å². The second kappa shape index (κ2) is 20.9. The molecule has 2 aromatic rings. The molecule has 2 amide bonds. The standard InChI is InChI=1S/C35H52N2O3/c1-3-5-7-9-11-13-15-17-19-34(39)36-31-25-21-29(22-26-31)30-23-27-32(33(38)28-24-30)37-35(40)20-18-16-14-12-10-8-6-4-2/h21-28H,3-20H2,1-2H3,(H,36,39)(H,37,38,40). The third kappa shape index (κ3) is 14.4. The summed E-state index contributed by atoms with van der Waals surface area (Å²) in [6.45, 7) is 4.45. The molecule has 0 radical (unpaired) electrons. The van der Waals surface area contributed by atoms with Gasteiger partial charge in [0.2, 0.25) is 17.2 Å². The van der Waals surface area contributed by atoms with Crippen molar-refractivity contribution >= 4 is 23.2 Å². The molecule has 0 aromatic heterocycles. The highest BCUT2D eigenvalue weighted by atomic mass is 16.2. The molecule has 0 fully saturated rings. The van der Waals surface area contributed by atoms with Crippen molar-refractivity contribution in [3.05, 3.63) is 58.8 Å². The summed E-state index contributed by atoms with van der Waals surface area (Å²) in [5.74, 6) is -0.0592. The van der Waals surface area contributed by atoms with Gasteiger partial charge in [-0.1, -0.05) is 128 Å². The maximum Gasteiger partial charge on any atom is 0.224 e. The van der Waals surface area contributed by atoms with Gasteiger partial charge in [-0.05, 0) is 48.2 Å². The van der Waals surface area contributed by atoms with E-state index in [2.05, 4.69) is 24.5 Å². The SMILES string of the molecule is CCCCCCCCCCC(=O)Nc1ccc(-c2ccc(NC(=O)CCCCCCCCCC)c(=O)cc2)cc1. The van der Waals surface area contributed by atoms with Crippen LogP contribution in [0.4, 0.5) is 11.4 Å².